The summed E-state index contributed by atoms with van der Waals surface area (Å²) in [5.41, 5.74) is 4.29. The molecule has 9 nitrogen and oxygen atoms in total. The monoisotopic (exact) mass is 707 g/mol. The highest BCUT2D eigenvalue weighted by Crippen LogP contribution is 2.38. The van der Waals surface area contributed by atoms with E-state index >= 15 is 4.39 Å². The molecule has 0 spiro atoms. The number of hydrogen-bond donors (Lipinski definition) is 4. The largest absolute Gasteiger partial charge is 0.489 e. The van der Waals surface area contributed by atoms with Gasteiger partial charge in [0.05, 0.1) is 34.9 Å². The molecule has 5 aromatic rings. The van der Waals surface area contributed by atoms with E-state index in [1.807, 2.05) is 16.7 Å². The number of hydrogen-bond acceptors (Lipinski definition) is 6. The van der Waals surface area contributed by atoms with Gasteiger partial charge in [0.1, 0.15) is 24.0 Å². The molecule has 0 saturated heterocycles. The van der Waals surface area contributed by atoms with Gasteiger partial charge in [0, 0.05) is 29.2 Å². The van der Waals surface area contributed by atoms with E-state index in [9.17, 15) is 19.8 Å². The normalized spacial score (nSPS) is 13.9. The molecular formula is C37H36Cl2FN3O6. The molecule has 0 aliphatic heterocycles. The molecule has 1 atom stereocenters. The minimum Gasteiger partial charge on any atom is -0.489 e. The fourth-order valence-corrected chi connectivity index (χ4v) is 6.33. The van der Waals surface area contributed by atoms with Crippen molar-refractivity contribution in [2.24, 2.45) is 0 Å². The maximum absolute atomic E-state index is 15.9. The zero-order valence-corrected chi connectivity index (χ0v) is 28.0. The molecule has 0 radical (unpaired) electrons. The first-order valence-electron chi connectivity index (χ1n) is 15.9. The van der Waals surface area contributed by atoms with Gasteiger partial charge in [-0.05, 0) is 84.1 Å². The second kappa shape index (κ2) is 15.8. The number of aromatic carboxylic acids is 1. The molecule has 1 amide bonds. The fraction of sp³-hybridized carbons (Fsp3) is 0.270. The van der Waals surface area contributed by atoms with Crippen LogP contribution in [-0.2, 0) is 6.61 Å². The number of aliphatic hydroxyl groups excluding tert-OH is 2. The number of imidazole rings is 1. The number of fused-ring (bicyclic) bond motifs is 1. The predicted molar refractivity (Wildman–Crippen MR) is 188 cm³/mol. The molecule has 1 aliphatic carbocycles. The number of aliphatic hydroxyl groups is 2. The Morgan fingerprint density at radius 2 is 1.67 bits per heavy atom. The molecule has 1 aromatic heterocycles. The maximum Gasteiger partial charge on any atom is 0.335 e. The maximum atomic E-state index is 15.9. The number of aromatic nitrogens is 2. The molecule has 0 bridgehead atoms. The van der Waals surface area contributed by atoms with E-state index in [0.29, 0.717) is 27.5 Å². The van der Waals surface area contributed by atoms with Crippen molar-refractivity contribution in [3.8, 4) is 28.3 Å². The summed E-state index contributed by atoms with van der Waals surface area (Å²) in [5.74, 6) is -1.31. The molecule has 1 aliphatic rings. The lowest BCUT2D eigenvalue weighted by Gasteiger charge is -2.25. The van der Waals surface area contributed by atoms with Gasteiger partial charge >= 0.3 is 5.97 Å². The van der Waals surface area contributed by atoms with Crippen LogP contribution in [-0.4, -0.2) is 56.0 Å². The van der Waals surface area contributed by atoms with Gasteiger partial charge in [-0.15, -0.1) is 12.4 Å². The average Bonchev–Trinajstić information content (AvgIpc) is 3.48. The Labute approximate surface area is 293 Å². The van der Waals surface area contributed by atoms with E-state index in [2.05, 4.69) is 5.32 Å². The lowest BCUT2D eigenvalue weighted by atomic mass is 9.94. The molecule has 6 rings (SSSR count). The van der Waals surface area contributed by atoms with Crippen LogP contribution in [0.1, 0.15) is 64.4 Å². The van der Waals surface area contributed by atoms with Crippen LogP contribution < -0.4 is 10.1 Å². The second-order valence-electron chi connectivity index (χ2n) is 12.0. The molecule has 12 heteroatoms. The quantitative estimate of drug-likeness (QED) is 0.112. The highest BCUT2D eigenvalue weighted by Gasteiger charge is 2.25. The number of benzene rings is 4. The lowest BCUT2D eigenvalue weighted by molar-refractivity contribution is 0.0696. The van der Waals surface area contributed by atoms with Crippen LogP contribution in [0.5, 0.6) is 5.75 Å². The Kier molecular flexibility index (Phi) is 11.6. The zero-order chi connectivity index (χ0) is 33.8. The Hall–Kier alpha value is -4.48. The van der Waals surface area contributed by atoms with Crippen LogP contribution in [0.3, 0.4) is 0 Å². The SMILES string of the molecule is Cl.O=C(O)c1ccc2c(c1)nc(-c1ccc(OCc3cc(C(=O)NCC(O)CO)ccc3-c3ccc(Cl)cc3)cc1F)n2C1CCCCC1. The summed E-state index contributed by atoms with van der Waals surface area (Å²) in [6.07, 6.45) is 4.02. The number of rotatable bonds is 11. The van der Waals surface area contributed by atoms with Gasteiger partial charge in [0.25, 0.3) is 5.91 Å². The Morgan fingerprint density at radius 3 is 2.37 bits per heavy atom. The zero-order valence-electron chi connectivity index (χ0n) is 26.4. The van der Waals surface area contributed by atoms with Crippen molar-refractivity contribution >= 4 is 46.9 Å². The predicted octanol–water partition coefficient (Wildman–Crippen LogP) is 7.45. The van der Waals surface area contributed by atoms with Gasteiger partial charge in [0.15, 0.2) is 0 Å². The van der Waals surface area contributed by atoms with Crippen molar-refractivity contribution in [3.05, 3.63) is 106 Å². The smallest absolute Gasteiger partial charge is 0.335 e. The molecule has 256 valence electrons. The van der Waals surface area contributed by atoms with Gasteiger partial charge in [-0.3, -0.25) is 4.79 Å². The fourth-order valence-electron chi connectivity index (χ4n) is 6.20. The molecule has 49 heavy (non-hydrogen) atoms. The van der Waals surface area contributed by atoms with Crippen molar-refractivity contribution in [1.82, 2.24) is 14.9 Å². The van der Waals surface area contributed by atoms with E-state index < -0.39 is 30.4 Å². The van der Waals surface area contributed by atoms with Gasteiger partial charge in [-0.25, -0.2) is 14.2 Å². The minimum atomic E-state index is -1.08. The summed E-state index contributed by atoms with van der Waals surface area (Å²) in [4.78, 5) is 29.2. The standard InChI is InChI=1S/C37H35ClFN3O6.ClH/c38-26-10-6-22(7-11-26)30-13-8-23(36(45)40-19-28(44)20-43)16-25(30)21-48-29-12-14-31(32(39)18-29)35-41-33-17-24(37(46)47)9-15-34(33)42(35)27-4-2-1-3-5-27;/h6-18,27-28,43-44H,1-5,19-21H2,(H,40,45)(H,46,47);1H. The molecule has 1 saturated carbocycles. The number of nitrogens with zero attached hydrogens (tertiary/aromatic N) is 2. The van der Waals surface area contributed by atoms with E-state index in [4.69, 9.17) is 26.4 Å². The average molecular weight is 709 g/mol. The van der Waals surface area contributed by atoms with Gasteiger partial charge in [-0.1, -0.05) is 49.1 Å². The molecule has 1 heterocycles. The van der Waals surface area contributed by atoms with Gasteiger partial charge < -0.3 is 29.9 Å². The van der Waals surface area contributed by atoms with Gasteiger partial charge in [0.2, 0.25) is 0 Å². The third-order valence-electron chi connectivity index (χ3n) is 8.68. The summed E-state index contributed by atoms with van der Waals surface area (Å²) in [6.45, 7) is -0.578. The van der Waals surface area contributed by atoms with E-state index in [0.717, 1.165) is 48.7 Å². The van der Waals surface area contributed by atoms with Crippen LogP contribution in [0.2, 0.25) is 5.02 Å². The Balaban J connectivity index is 0.00000468. The van der Waals surface area contributed by atoms with E-state index in [-0.39, 0.29) is 48.5 Å². The second-order valence-corrected chi connectivity index (χ2v) is 12.4. The highest BCUT2D eigenvalue weighted by atomic mass is 35.5. The molecule has 4 aromatic carbocycles. The summed E-state index contributed by atoms with van der Waals surface area (Å²) >= 11 is 6.11. The number of nitrogens with one attached hydrogen (secondary N) is 1. The minimum absolute atomic E-state index is 0. The number of amides is 1. The molecule has 1 fully saturated rings. The first-order chi connectivity index (χ1) is 23.2. The van der Waals surface area contributed by atoms with Crippen LogP contribution >= 0.6 is 24.0 Å². The number of carboxylic acids is 1. The summed E-state index contributed by atoms with van der Waals surface area (Å²) in [6, 6.07) is 21.9. The third-order valence-corrected chi connectivity index (χ3v) is 8.94. The van der Waals surface area contributed by atoms with Gasteiger partial charge in [-0.2, -0.15) is 0 Å². The van der Waals surface area contributed by atoms with Crippen LogP contribution in [0.4, 0.5) is 4.39 Å². The van der Waals surface area contributed by atoms with Crippen LogP contribution in [0.15, 0.2) is 78.9 Å². The molecular weight excluding hydrogens is 672 g/mol. The van der Waals surface area contributed by atoms with Crippen molar-refractivity contribution in [3.63, 3.8) is 0 Å². The summed E-state index contributed by atoms with van der Waals surface area (Å²) < 4.78 is 24.1. The number of ether oxygens (including phenoxy) is 1. The highest BCUT2D eigenvalue weighted by molar-refractivity contribution is 6.30. The summed E-state index contributed by atoms with van der Waals surface area (Å²) in [5, 5.41) is 31.4. The number of carbonyl (C=O) groups excluding carboxylic acids is 1. The van der Waals surface area contributed by atoms with E-state index in [1.165, 1.54) is 12.1 Å². The Bertz CT molecular complexity index is 1960. The first kappa shape index (κ1) is 35.8. The third kappa shape index (κ3) is 8.05. The Morgan fingerprint density at radius 1 is 0.959 bits per heavy atom. The van der Waals surface area contributed by atoms with E-state index in [1.54, 1.807) is 54.6 Å². The van der Waals surface area contributed by atoms with Crippen molar-refractivity contribution in [2.45, 2.75) is 50.9 Å². The molecule has 1 unspecified atom stereocenters. The first-order valence-corrected chi connectivity index (χ1v) is 16.2. The van der Waals surface area contributed by atoms with Crippen molar-refractivity contribution < 1.29 is 34.0 Å². The topological polar surface area (TPSA) is 134 Å². The van der Waals surface area contributed by atoms with Crippen LogP contribution in [0.25, 0.3) is 33.5 Å². The number of carbonyl (C=O) groups is 2. The van der Waals surface area contributed by atoms with Crippen molar-refractivity contribution in [1.29, 1.82) is 0 Å². The lowest BCUT2D eigenvalue weighted by Crippen LogP contribution is -2.33. The molecule has 4 N–H and O–H groups in total. The van der Waals surface area contributed by atoms with Crippen molar-refractivity contribution in [2.75, 3.05) is 13.2 Å². The number of halogens is 3. The van der Waals surface area contributed by atoms with Crippen LogP contribution in [0, 0.1) is 5.82 Å². The summed E-state index contributed by atoms with van der Waals surface area (Å²) in [7, 11) is 0. The number of carboxylic acid groups (broad SMARTS) is 1.